The topological polar surface area (TPSA) is 102 Å². The van der Waals surface area contributed by atoms with Crippen LogP contribution in [0, 0.1) is 11.3 Å². The SMILES string of the molecule is CCN(CC)C(=O)C1=C(C)N=c2s/c(=C/c3cn(Cc4ccc(C#N)cc4)c4ccccc34)c(=O)n2[C@H]1c1cc(OC)ccc1OC. The molecule has 0 N–H and O–H groups in total. The van der Waals surface area contributed by atoms with Crippen molar-refractivity contribution in [1.29, 1.82) is 5.26 Å². The molecule has 2 aromatic heterocycles. The van der Waals surface area contributed by atoms with Gasteiger partial charge in [-0.05, 0) is 68.8 Å². The van der Waals surface area contributed by atoms with Crippen molar-refractivity contribution >= 4 is 34.2 Å². The Bertz CT molecular complexity index is 2250. The Hall–Kier alpha value is -5.40. The van der Waals surface area contributed by atoms with Crippen molar-refractivity contribution in [1.82, 2.24) is 14.0 Å². The number of rotatable bonds is 9. The standard InChI is InChI=1S/C37H35N5O4S/c1-6-40(7-2)36(44)33-23(3)39-37-42(34(33)29-19-27(45-4)16-17-31(29)46-5)35(43)32(47-37)18-26-22-41(30-11-9-8-10-28(26)30)21-25-14-12-24(20-38)13-15-25/h8-19,22,34H,6-7,21H2,1-5H3/b32-18+/t34-/m0/s1. The number of carbonyl (C=O) groups excluding carboxylic acids is 1. The van der Waals surface area contributed by atoms with Gasteiger partial charge in [-0.25, -0.2) is 4.99 Å². The monoisotopic (exact) mass is 645 g/mol. The Morgan fingerprint density at radius 3 is 2.49 bits per heavy atom. The van der Waals surface area contributed by atoms with Gasteiger partial charge in [0, 0.05) is 47.9 Å². The number of likely N-dealkylation sites (N-methyl/N-ethyl adjacent to an activating group) is 1. The summed E-state index contributed by atoms with van der Waals surface area (Å²) in [5.74, 6) is 0.948. The predicted octanol–water partition coefficient (Wildman–Crippen LogP) is 5.00. The lowest BCUT2D eigenvalue weighted by Gasteiger charge is -2.30. The van der Waals surface area contributed by atoms with E-state index in [0.717, 1.165) is 22.0 Å². The first-order valence-electron chi connectivity index (χ1n) is 15.4. The lowest BCUT2D eigenvalue weighted by Crippen LogP contribution is -2.43. The van der Waals surface area contributed by atoms with Crippen LogP contribution in [0.1, 0.15) is 49.1 Å². The Balaban J connectivity index is 1.54. The van der Waals surface area contributed by atoms with Crippen molar-refractivity contribution in [2.45, 2.75) is 33.4 Å². The summed E-state index contributed by atoms with van der Waals surface area (Å²) in [6.45, 7) is 7.34. The highest BCUT2D eigenvalue weighted by Crippen LogP contribution is 2.38. The van der Waals surface area contributed by atoms with Crippen LogP contribution >= 0.6 is 11.3 Å². The molecule has 1 aliphatic rings. The number of methoxy groups -OCH3 is 2. The van der Waals surface area contributed by atoms with Gasteiger partial charge in [0.2, 0.25) is 0 Å². The number of aromatic nitrogens is 2. The van der Waals surface area contributed by atoms with E-state index in [0.29, 0.717) is 62.9 Å². The second kappa shape index (κ2) is 13.1. The van der Waals surface area contributed by atoms with Crippen LogP contribution in [0.4, 0.5) is 0 Å². The molecular formula is C37H35N5O4S. The van der Waals surface area contributed by atoms with Gasteiger partial charge in [0.25, 0.3) is 11.5 Å². The van der Waals surface area contributed by atoms with E-state index in [2.05, 4.69) is 16.7 Å². The molecule has 10 heteroatoms. The number of thiazole rings is 1. The number of hydrogen-bond donors (Lipinski definition) is 0. The van der Waals surface area contributed by atoms with Gasteiger partial charge in [0.1, 0.15) is 17.5 Å². The number of amides is 1. The molecular weight excluding hydrogens is 611 g/mol. The van der Waals surface area contributed by atoms with E-state index in [1.807, 2.05) is 81.6 Å². The number of nitriles is 1. The number of hydrogen-bond acceptors (Lipinski definition) is 7. The van der Waals surface area contributed by atoms with E-state index in [-0.39, 0.29) is 11.5 Å². The fourth-order valence-corrected chi connectivity index (χ4v) is 7.20. The first-order chi connectivity index (χ1) is 22.8. The maximum absolute atomic E-state index is 14.5. The molecule has 6 rings (SSSR count). The van der Waals surface area contributed by atoms with Crippen LogP contribution in [-0.4, -0.2) is 47.3 Å². The highest BCUT2D eigenvalue weighted by Gasteiger charge is 2.36. The number of ether oxygens (including phenoxy) is 2. The molecule has 0 fully saturated rings. The maximum Gasteiger partial charge on any atom is 0.271 e. The van der Waals surface area contributed by atoms with Crippen LogP contribution < -0.4 is 24.4 Å². The van der Waals surface area contributed by atoms with Crippen LogP contribution in [0.5, 0.6) is 11.5 Å². The van der Waals surface area contributed by atoms with Crippen molar-refractivity contribution in [3.8, 4) is 17.6 Å². The lowest BCUT2D eigenvalue weighted by atomic mass is 9.93. The molecule has 0 spiro atoms. The minimum Gasteiger partial charge on any atom is -0.497 e. The molecule has 1 amide bonds. The average Bonchev–Trinajstić information content (AvgIpc) is 3.60. The molecule has 9 nitrogen and oxygen atoms in total. The van der Waals surface area contributed by atoms with Crippen LogP contribution in [0.2, 0.25) is 0 Å². The largest absolute Gasteiger partial charge is 0.497 e. The predicted molar refractivity (Wildman–Crippen MR) is 183 cm³/mol. The fourth-order valence-electron chi connectivity index (χ4n) is 6.17. The van der Waals surface area contributed by atoms with Crippen molar-refractivity contribution in [3.05, 3.63) is 126 Å². The van der Waals surface area contributed by atoms with Crippen LogP contribution in [0.25, 0.3) is 17.0 Å². The molecule has 0 aliphatic carbocycles. The smallest absolute Gasteiger partial charge is 0.271 e. The number of carbonyl (C=O) groups is 1. The maximum atomic E-state index is 14.5. The zero-order chi connectivity index (χ0) is 33.2. The van der Waals surface area contributed by atoms with Gasteiger partial charge < -0.3 is 18.9 Å². The summed E-state index contributed by atoms with van der Waals surface area (Å²) in [5, 5.41) is 10.2. The van der Waals surface area contributed by atoms with Gasteiger partial charge in [-0.15, -0.1) is 0 Å². The summed E-state index contributed by atoms with van der Waals surface area (Å²) >= 11 is 1.30. The first kappa shape index (κ1) is 31.6. The summed E-state index contributed by atoms with van der Waals surface area (Å²) in [7, 11) is 3.16. The van der Waals surface area contributed by atoms with Gasteiger partial charge in [-0.1, -0.05) is 41.7 Å². The molecule has 3 heterocycles. The highest BCUT2D eigenvalue weighted by atomic mass is 32.1. The minimum atomic E-state index is -0.774. The molecule has 0 unspecified atom stereocenters. The van der Waals surface area contributed by atoms with Crippen molar-refractivity contribution in [2.24, 2.45) is 4.99 Å². The van der Waals surface area contributed by atoms with Crippen LogP contribution in [0.15, 0.2) is 94.0 Å². The van der Waals surface area contributed by atoms with E-state index >= 15 is 0 Å². The third-order valence-corrected chi connectivity index (χ3v) is 9.56. The van der Waals surface area contributed by atoms with Crippen molar-refractivity contribution < 1.29 is 14.3 Å². The van der Waals surface area contributed by atoms with Gasteiger partial charge >= 0.3 is 0 Å². The van der Waals surface area contributed by atoms with Gasteiger partial charge in [0.05, 0.1) is 41.7 Å². The van der Waals surface area contributed by atoms with Gasteiger partial charge in [-0.2, -0.15) is 5.26 Å². The Kier molecular flexibility index (Phi) is 8.83. The molecule has 1 aliphatic heterocycles. The Morgan fingerprint density at radius 2 is 1.81 bits per heavy atom. The van der Waals surface area contributed by atoms with Crippen molar-refractivity contribution in [3.63, 3.8) is 0 Å². The Labute approximate surface area is 276 Å². The number of allylic oxidation sites excluding steroid dienone is 1. The van der Waals surface area contributed by atoms with Gasteiger partial charge in [-0.3, -0.25) is 14.2 Å². The second-order valence-electron chi connectivity index (χ2n) is 11.2. The third-order valence-electron chi connectivity index (χ3n) is 8.58. The normalized spacial score (nSPS) is 14.5. The van der Waals surface area contributed by atoms with E-state index < -0.39 is 6.04 Å². The summed E-state index contributed by atoms with van der Waals surface area (Å²) in [4.78, 5) is 35.6. The molecule has 5 aromatic rings. The summed E-state index contributed by atoms with van der Waals surface area (Å²) in [6.07, 6.45) is 3.96. The minimum absolute atomic E-state index is 0.175. The summed E-state index contributed by atoms with van der Waals surface area (Å²) in [5.41, 5.74) is 4.98. The van der Waals surface area contributed by atoms with E-state index in [1.165, 1.54) is 11.3 Å². The molecule has 3 aromatic carbocycles. The highest BCUT2D eigenvalue weighted by molar-refractivity contribution is 7.07. The Morgan fingerprint density at radius 1 is 1.06 bits per heavy atom. The van der Waals surface area contributed by atoms with E-state index in [9.17, 15) is 14.9 Å². The second-order valence-corrected chi connectivity index (χ2v) is 12.2. The van der Waals surface area contributed by atoms with Crippen molar-refractivity contribution in [2.75, 3.05) is 27.3 Å². The quantitative estimate of drug-likeness (QED) is 0.225. The summed E-state index contributed by atoms with van der Waals surface area (Å²) in [6, 6.07) is 22.4. The van der Waals surface area contributed by atoms with Crippen LogP contribution in [0.3, 0.4) is 0 Å². The number of fused-ring (bicyclic) bond motifs is 2. The molecule has 0 saturated heterocycles. The number of para-hydroxylation sites is 1. The average molecular weight is 646 g/mol. The lowest BCUT2D eigenvalue weighted by molar-refractivity contribution is -0.127. The molecule has 238 valence electrons. The van der Waals surface area contributed by atoms with Crippen LogP contribution in [-0.2, 0) is 11.3 Å². The summed E-state index contributed by atoms with van der Waals surface area (Å²) < 4.78 is 15.6. The first-order valence-corrected chi connectivity index (χ1v) is 16.2. The van der Waals surface area contributed by atoms with Gasteiger partial charge in [0.15, 0.2) is 4.80 Å². The molecule has 0 bridgehead atoms. The molecule has 1 atom stereocenters. The number of nitrogens with zero attached hydrogens (tertiary/aromatic N) is 5. The molecule has 47 heavy (non-hydrogen) atoms. The zero-order valence-corrected chi connectivity index (χ0v) is 27.8. The zero-order valence-electron chi connectivity index (χ0n) is 27.0. The fraction of sp³-hybridized carbons (Fsp3) is 0.243. The van der Waals surface area contributed by atoms with E-state index in [4.69, 9.17) is 14.5 Å². The molecule has 0 radical (unpaired) electrons. The van der Waals surface area contributed by atoms with E-state index in [1.54, 1.807) is 35.8 Å². The number of benzene rings is 3. The third kappa shape index (κ3) is 5.75. The molecule has 0 saturated carbocycles.